The third kappa shape index (κ3) is 3.64. The van der Waals surface area contributed by atoms with Gasteiger partial charge in [-0.1, -0.05) is 30.3 Å². The van der Waals surface area contributed by atoms with E-state index in [9.17, 15) is 19.0 Å². The predicted molar refractivity (Wildman–Crippen MR) is 114 cm³/mol. The standard InChI is InChI=1S/C24H25F2N3O3/c25-15-6-7-20(26)17(8-15)22-21(27)9-16(13-32-22)28-11-18-19(12-28)24(31)29(23(18)30)10-14-4-2-1-3-5-14/h1-8,16,21-22,30-31H,9-13,27H2/t16-,21+,22-/m1/s1. The molecule has 0 spiro atoms. The van der Waals surface area contributed by atoms with Gasteiger partial charge >= 0.3 is 0 Å². The molecule has 1 saturated heterocycles. The van der Waals surface area contributed by atoms with Gasteiger partial charge in [-0.15, -0.1) is 0 Å². The molecule has 2 aromatic carbocycles. The zero-order valence-corrected chi connectivity index (χ0v) is 17.4. The van der Waals surface area contributed by atoms with Crippen LogP contribution in [0.5, 0.6) is 11.8 Å². The highest BCUT2D eigenvalue weighted by Gasteiger charge is 2.39. The van der Waals surface area contributed by atoms with E-state index in [4.69, 9.17) is 10.5 Å². The Labute approximate surface area is 184 Å². The second-order valence-electron chi connectivity index (χ2n) is 8.55. The summed E-state index contributed by atoms with van der Waals surface area (Å²) in [7, 11) is 0. The van der Waals surface area contributed by atoms with Crippen molar-refractivity contribution in [1.82, 2.24) is 9.47 Å². The molecule has 5 rings (SSSR count). The lowest BCUT2D eigenvalue weighted by molar-refractivity contribution is -0.0533. The normalized spacial score (nSPS) is 23.4. The fourth-order valence-electron chi connectivity index (χ4n) is 4.82. The van der Waals surface area contributed by atoms with Gasteiger partial charge in [-0.05, 0) is 30.2 Å². The molecule has 2 aliphatic heterocycles. The van der Waals surface area contributed by atoms with E-state index in [-0.39, 0.29) is 23.4 Å². The third-order valence-electron chi connectivity index (χ3n) is 6.50. The van der Waals surface area contributed by atoms with Gasteiger partial charge in [-0.3, -0.25) is 9.47 Å². The molecule has 6 nitrogen and oxygen atoms in total. The SMILES string of the molecule is N[C@H]1C[C@@H](N2Cc3c(c(O)n(Cc4ccccc4)c3O)C2)CO[C@@H]1c1cc(F)ccc1F. The number of halogens is 2. The smallest absolute Gasteiger partial charge is 0.199 e. The molecule has 2 aliphatic rings. The number of aromatic nitrogens is 1. The van der Waals surface area contributed by atoms with E-state index in [0.717, 1.165) is 23.8 Å². The Morgan fingerprint density at radius 2 is 1.69 bits per heavy atom. The molecule has 0 amide bonds. The zero-order chi connectivity index (χ0) is 22.4. The molecule has 0 aliphatic carbocycles. The van der Waals surface area contributed by atoms with Crippen molar-refractivity contribution in [2.45, 2.75) is 44.2 Å². The molecule has 8 heteroatoms. The molecule has 168 valence electrons. The van der Waals surface area contributed by atoms with E-state index in [1.54, 1.807) is 0 Å². The number of ether oxygens (including phenoxy) is 1. The van der Waals surface area contributed by atoms with Crippen LogP contribution in [-0.4, -0.2) is 38.4 Å². The van der Waals surface area contributed by atoms with Gasteiger partial charge in [0, 0.05) is 41.9 Å². The largest absolute Gasteiger partial charge is 0.494 e. The molecular formula is C24H25F2N3O3. The number of hydrogen-bond acceptors (Lipinski definition) is 5. The first-order valence-electron chi connectivity index (χ1n) is 10.6. The van der Waals surface area contributed by atoms with Gasteiger partial charge in [0.1, 0.15) is 17.7 Å². The summed E-state index contributed by atoms with van der Waals surface area (Å²) in [5.74, 6) is -0.949. The molecule has 1 aromatic heterocycles. The molecule has 0 bridgehead atoms. The summed E-state index contributed by atoms with van der Waals surface area (Å²) >= 11 is 0. The highest BCUT2D eigenvalue weighted by Crippen LogP contribution is 2.42. The lowest BCUT2D eigenvalue weighted by Gasteiger charge is -2.38. The van der Waals surface area contributed by atoms with Gasteiger partial charge < -0.3 is 20.7 Å². The molecule has 0 radical (unpaired) electrons. The van der Waals surface area contributed by atoms with Crippen LogP contribution in [0.4, 0.5) is 8.78 Å². The number of nitrogens with zero attached hydrogens (tertiary/aromatic N) is 2. The fourth-order valence-corrected chi connectivity index (χ4v) is 4.82. The maximum absolute atomic E-state index is 14.2. The second-order valence-corrected chi connectivity index (χ2v) is 8.55. The molecule has 0 saturated carbocycles. The molecule has 3 heterocycles. The predicted octanol–water partition coefficient (Wildman–Crippen LogP) is 3.40. The van der Waals surface area contributed by atoms with Gasteiger partial charge in [-0.25, -0.2) is 8.78 Å². The first-order chi connectivity index (χ1) is 15.4. The van der Waals surface area contributed by atoms with Gasteiger partial charge in [0.05, 0.1) is 13.2 Å². The van der Waals surface area contributed by atoms with E-state index in [2.05, 4.69) is 4.90 Å². The Morgan fingerprint density at radius 1 is 1.00 bits per heavy atom. The average molecular weight is 441 g/mol. The minimum absolute atomic E-state index is 0.0598. The molecule has 0 unspecified atom stereocenters. The van der Waals surface area contributed by atoms with Crippen LogP contribution in [0.1, 0.15) is 34.8 Å². The molecule has 3 atom stereocenters. The topological polar surface area (TPSA) is 83.9 Å². The summed E-state index contributed by atoms with van der Waals surface area (Å²) in [5, 5.41) is 21.5. The number of fused-ring (bicyclic) bond motifs is 1. The summed E-state index contributed by atoms with van der Waals surface area (Å²) in [5.41, 5.74) is 8.80. The molecule has 4 N–H and O–H groups in total. The van der Waals surface area contributed by atoms with E-state index < -0.39 is 23.8 Å². The zero-order valence-electron chi connectivity index (χ0n) is 17.4. The van der Waals surface area contributed by atoms with Crippen LogP contribution < -0.4 is 5.73 Å². The summed E-state index contributed by atoms with van der Waals surface area (Å²) in [6.45, 7) is 1.58. The number of aromatic hydroxyl groups is 2. The fraction of sp³-hybridized carbons (Fsp3) is 0.333. The van der Waals surface area contributed by atoms with Crippen LogP contribution in [0.3, 0.4) is 0 Å². The molecule has 3 aromatic rings. The Balaban J connectivity index is 1.29. The second kappa shape index (κ2) is 8.20. The first kappa shape index (κ1) is 20.9. The highest BCUT2D eigenvalue weighted by molar-refractivity contribution is 5.48. The van der Waals surface area contributed by atoms with Gasteiger partial charge in [-0.2, -0.15) is 0 Å². The maximum atomic E-state index is 14.2. The van der Waals surface area contributed by atoms with Crippen molar-refractivity contribution in [3.05, 3.63) is 82.4 Å². The van der Waals surface area contributed by atoms with E-state index in [0.29, 0.717) is 43.8 Å². The quantitative estimate of drug-likeness (QED) is 0.578. The lowest BCUT2D eigenvalue weighted by Crippen LogP contribution is -2.47. The summed E-state index contributed by atoms with van der Waals surface area (Å²) in [4.78, 5) is 2.09. The average Bonchev–Trinajstić information content (AvgIpc) is 3.32. The third-order valence-corrected chi connectivity index (χ3v) is 6.50. The Morgan fingerprint density at radius 3 is 2.34 bits per heavy atom. The monoisotopic (exact) mass is 441 g/mol. The van der Waals surface area contributed by atoms with Crippen LogP contribution >= 0.6 is 0 Å². The minimum Gasteiger partial charge on any atom is -0.494 e. The van der Waals surface area contributed by atoms with Crippen molar-refractivity contribution >= 4 is 0 Å². The Kier molecular flexibility index (Phi) is 5.36. The van der Waals surface area contributed by atoms with Gasteiger partial charge in [0.15, 0.2) is 11.8 Å². The Bertz CT molecular complexity index is 1110. The summed E-state index contributed by atoms with van der Waals surface area (Å²) in [6.07, 6.45) is -0.193. The minimum atomic E-state index is -0.717. The Hall–Kier alpha value is -2.94. The van der Waals surface area contributed by atoms with Crippen LogP contribution in [0.15, 0.2) is 48.5 Å². The first-order valence-corrected chi connectivity index (χ1v) is 10.6. The van der Waals surface area contributed by atoms with Crippen molar-refractivity contribution in [3.63, 3.8) is 0 Å². The van der Waals surface area contributed by atoms with E-state index >= 15 is 0 Å². The van der Waals surface area contributed by atoms with Gasteiger partial charge in [0.25, 0.3) is 0 Å². The molecule has 1 fully saturated rings. The lowest BCUT2D eigenvalue weighted by atomic mass is 9.93. The van der Waals surface area contributed by atoms with E-state index in [1.165, 1.54) is 4.57 Å². The van der Waals surface area contributed by atoms with Crippen LogP contribution in [0, 0.1) is 11.6 Å². The molecule has 32 heavy (non-hydrogen) atoms. The maximum Gasteiger partial charge on any atom is 0.199 e. The van der Waals surface area contributed by atoms with Crippen molar-refractivity contribution in [3.8, 4) is 11.8 Å². The summed E-state index contributed by atoms with van der Waals surface area (Å²) < 4.78 is 35.2. The summed E-state index contributed by atoms with van der Waals surface area (Å²) in [6, 6.07) is 12.3. The number of hydrogen-bond donors (Lipinski definition) is 3. The van der Waals surface area contributed by atoms with Crippen LogP contribution in [0.25, 0.3) is 0 Å². The van der Waals surface area contributed by atoms with E-state index in [1.807, 2.05) is 30.3 Å². The van der Waals surface area contributed by atoms with Crippen molar-refractivity contribution < 1.29 is 23.7 Å². The highest BCUT2D eigenvalue weighted by atomic mass is 19.1. The molecular weight excluding hydrogens is 416 g/mol. The van der Waals surface area contributed by atoms with Gasteiger partial charge in [0.2, 0.25) is 0 Å². The van der Waals surface area contributed by atoms with Crippen LogP contribution in [-0.2, 0) is 24.4 Å². The number of rotatable bonds is 4. The van der Waals surface area contributed by atoms with Crippen molar-refractivity contribution in [2.24, 2.45) is 5.73 Å². The number of benzene rings is 2. The van der Waals surface area contributed by atoms with Crippen LogP contribution in [0.2, 0.25) is 0 Å². The van der Waals surface area contributed by atoms with Crippen molar-refractivity contribution in [2.75, 3.05) is 6.61 Å². The number of nitrogens with two attached hydrogens (primary N) is 1. The van der Waals surface area contributed by atoms with Crippen molar-refractivity contribution in [1.29, 1.82) is 0 Å².